The quantitative estimate of drug-likeness (QED) is 0.134. The Morgan fingerprint density at radius 3 is 2.45 bits per heavy atom. The molecule has 0 aliphatic heterocycles. The second kappa shape index (κ2) is 11.0. The molecule has 0 bridgehead atoms. The third-order valence-corrected chi connectivity index (χ3v) is 6.48. The second-order valence-electron chi connectivity index (χ2n) is 9.30. The normalized spacial score (nSPS) is 11.9. The van der Waals surface area contributed by atoms with Crippen LogP contribution in [0.25, 0.3) is 22.0 Å². The highest BCUT2D eigenvalue weighted by Gasteiger charge is 2.22. The summed E-state index contributed by atoms with van der Waals surface area (Å²) in [6.45, 7) is -0.232. The van der Waals surface area contributed by atoms with Crippen LogP contribution < -0.4 is 11.1 Å². The van der Waals surface area contributed by atoms with E-state index in [2.05, 4.69) is 10.3 Å². The number of rotatable bonds is 8. The summed E-state index contributed by atoms with van der Waals surface area (Å²) in [4.78, 5) is 17.8. The molecule has 1 atom stereocenters. The smallest absolute Gasteiger partial charge is 0.240 e. The Morgan fingerprint density at radius 1 is 0.950 bits per heavy atom. The van der Waals surface area contributed by atoms with Crippen molar-refractivity contribution in [2.45, 2.75) is 19.0 Å². The van der Waals surface area contributed by atoms with E-state index in [-0.39, 0.29) is 18.8 Å². The number of carbonyl (C=O) groups excluding carboxylic acids is 1. The monoisotopic (exact) mass is 545 g/mol. The van der Waals surface area contributed by atoms with Gasteiger partial charge in [-0.1, -0.05) is 24.3 Å². The van der Waals surface area contributed by atoms with E-state index in [4.69, 9.17) is 11.1 Å². The molecule has 0 saturated heterocycles. The van der Waals surface area contributed by atoms with Crippen LogP contribution in [0.2, 0.25) is 0 Å². The van der Waals surface area contributed by atoms with Crippen LogP contribution in [0.5, 0.6) is 0 Å². The van der Waals surface area contributed by atoms with Crippen LogP contribution in [0.1, 0.15) is 22.9 Å². The van der Waals surface area contributed by atoms with Crippen LogP contribution in [0, 0.1) is 28.7 Å². The highest BCUT2D eigenvalue weighted by molar-refractivity contribution is 5.96. The van der Waals surface area contributed by atoms with E-state index in [1.54, 1.807) is 48.7 Å². The maximum Gasteiger partial charge on any atom is 0.240 e. The van der Waals surface area contributed by atoms with Gasteiger partial charge in [-0.2, -0.15) is 0 Å². The number of nitrogen functional groups attached to an aromatic ring is 1. The van der Waals surface area contributed by atoms with Crippen molar-refractivity contribution in [2.75, 3.05) is 0 Å². The van der Waals surface area contributed by atoms with Crippen molar-refractivity contribution in [1.82, 2.24) is 14.9 Å². The Bertz CT molecular complexity index is 1730. The first-order chi connectivity index (χ1) is 19.2. The predicted octanol–water partition coefficient (Wildman–Crippen LogP) is 5.64. The number of amides is 1. The minimum atomic E-state index is -1.04. The van der Waals surface area contributed by atoms with Gasteiger partial charge in [0.25, 0.3) is 0 Å². The highest BCUT2D eigenvalue weighted by atomic mass is 19.2. The fraction of sp³-hybridized carbons (Fsp3) is 0.100. The molecule has 1 unspecified atom stereocenters. The molecular weight excluding hydrogens is 522 g/mol. The number of hydrogen-bond donors (Lipinski definition) is 3. The van der Waals surface area contributed by atoms with Gasteiger partial charge in [0.1, 0.15) is 24.0 Å². The lowest BCUT2D eigenvalue weighted by Crippen LogP contribution is -2.33. The Morgan fingerprint density at radius 2 is 1.70 bits per heavy atom. The molecule has 4 N–H and O–H groups in total. The number of benzene rings is 3. The molecule has 2 aromatic heterocycles. The summed E-state index contributed by atoms with van der Waals surface area (Å²) in [5.74, 6) is -4.16. The lowest BCUT2D eigenvalue weighted by molar-refractivity contribution is -0.122. The summed E-state index contributed by atoms with van der Waals surface area (Å²) in [5, 5.41) is 11.1. The lowest BCUT2D eigenvalue weighted by atomic mass is 9.94. The van der Waals surface area contributed by atoms with E-state index in [0.29, 0.717) is 38.9 Å². The van der Waals surface area contributed by atoms with Crippen molar-refractivity contribution in [1.29, 1.82) is 5.41 Å². The number of nitrogens with one attached hydrogen (secondary N) is 2. The summed E-state index contributed by atoms with van der Waals surface area (Å²) in [6, 6.07) is 16.3. The molecule has 2 heterocycles. The van der Waals surface area contributed by atoms with Crippen LogP contribution in [0.3, 0.4) is 0 Å². The zero-order valence-electron chi connectivity index (χ0n) is 21.0. The van der Waals surface area contributed by atoms with Crippen LogP contribution in [0.15, 0.2) is 85.2 Å². The number of halogens is 4. The SMILES string of the molecule is N=C(N)c1cccc(-c2cccnc2C(Cc2cc(F)cc(F)c2)NC(=O)Cn2ccc3cc(F)c(F)cc32)c1. The van der Waals surface area contributed by atoms with Gasteiger partial charge >= 0.3 is 0 Å². The van der Waals surface area contributed by atoms with Crippen molar-refractivity contribution in [3.8, 4) is 11.1 Å². The number of amidine groups is 1. The Labute approximate surface area is 226 Å². The summed E-state index contributed by atoms with van der Waals surface area (Å²) < 4.78 is 57.1. The molecule has 10 heteroatoms. The van der Waals surface area contributed by atoms with Gasteiger partial charge in [-0.05, 0) is 53.9 Å². The summed E-state index contributed by atoms with van der Waals surface area (Å²) in [7, 11) is 0. The molecule has 6 nitrogen and oxygen atoms in total. The van der Waals surface area contributed by atoms with Gasteiger partial charge in [0, 0.05) is 41.0 Å². The number of fused-ring (bicyclic) bond motifs is 1. The topological polar surface area (TPSA) is 96.8 Å². The number of pyridine rings is 1. The lowest BCUT2D eigenvalue weighted by Gasteiger charge is -2.22. The van der Waals surface area contributed by atoms with E-state index >= 15 is 0 Å². The molecule has 5 aromatic rings. The molecule has 1 amide bonds. The minimum absolute atomic E-state index is 0.00307. The molecular formula is C30H23F4N5O. The third kappa shape index (κ3) is 5.70. The third-order valence-electron chi connectivity index (χ3n) is 6.48. The standard InChI is InChI=1S/C30H23F4N5O/c31-21-9-17(10-22(32)14-21)11-26(29-23(5-2-7-37-29)18-3-1-4-20(12-18)30(35)36)38-28(40)16-39-8-6-19-13-24(33)25(34)15-27(19)39/h1-10,12-15,26H,11,16H2,(H3,35,36)(H,38,40). The minimum Gasteiger partial charge on any atom is -0.384 e. The Kier molecular flexibility index (Phi) is 7.33. The largest absolute Gasteiger partial charge is 0.384 e. The zero-order chi connectivity index (χ0) is 28.4. The van der Waals surface area contributed by atoms with Crippen molar-refractivity contribution < 1.29 is 22.4 Å². The molecule has 0 aliphatic rings. The maximum atomic E-state index is 14.0. The van der Waals surface area contributed by atoms with Crippen molar-refractivity contribution in [3.63, 3.8) is 0 Å². The summed E-state index contributed by atoms with van der Waals surface area (Å²) >= 11 is 0. The fourth-order valence-electron chi connectivity index (χ4n) is 4.69. The summed E-state index contributed by atoms with van der Waals surface area (Å²) in [5.41, 5.74) is 8.50. The Balaban J connectivity index is 1.51. The van der Waals surface area contributed by atoms with Crippen molar-refractivity contribution >= 4 is 22.6 Å². The van der Waals surface area contributed by atoms with Gasteiger partial charge in [-0.3, -0.25) is 15.2 Å². The van der Waals surface area contributed by atoms with E-state index in [1.165, 1.54) is 22.9 Å². The molecule has 0 fully saturated rings. The van der Waals surface area contributed by atoms with Gasteiger partial charge < -0.3 is 15.6 Å². The number of carbonyl (C=O) groups is 1. The number of hydrogen-bond acceptors (Lipinski definition) is 3. The first kappa shape index (κ1) is 26.6. The molecule has 40 heavy (non-hydrogen) atoms. The fourth-order valence-corrected chi connectivity index (χ4v) is 4.69. The van der Waals surface area contributed by atoms with Crippen LogP contribution >= 0.6 is 0 Å². The predicted molar refractivity (Wildman–Crippen MR) is 143 cm³/mol. The highest BCUT2D eigenvalue weighted by Crippen LogP contribution is 2.30. The van der Waals surface area contributed by atoms with Gasteiger partial charge in [0.15, 0.2) is 11.6 Å². The van der Waals surface area contributed by atoms with Crippen LogP contribution in [-0.4, -0.2) is 21.3 Å². The molecule has 0 radical (unpaired) electrons. The molecule has 5 rings (SSSR count). The number of nitrogens with zero attached hydrogens (tertiary/aromatic N) is 2. The second-order valence-corrected chi connectivity index (χ2v) is 9.30. The average molecular weight is 546 g/mol. The Hall–Kier alpha value is -4.99. The maximum absolute atomic E-state index is 14.0. The molecule has 202 valence electrons. The van der Waals surface area contributed by atoms with Gasteiger partial charge in [-0.15, -0.1) is 0 Å². The van der Waals surface area contributed by atoms with E-state index in [0.717, 1.165) is 18.2 Å². The van der Waals surface area contributed by atoms with E-state index in [9.17, 15) is 22.4 Å². The van der Waals surface area contributed by atoms with Gasteiger partial charge in [0.2, 0.25) is 5.91 Å². The summed E-state index contributed by atoms with van der Waals surface area (Å²) in [6.07, 6.45) is 3.08. The van der Waals surface area contributed by atoms with Crippen molar-refractivity contribution in [3.05, 3.63) is 125 Å². The van der Waals surface area contributed by atoms with Crippen LogP contribution in [0.4, 0.5) is 17.6 Å². The molecule has 3 aromatic carbocycles. The molecule has 0 spiro atoms. The van der Waals surface area contributed by atoms with Gasteiger partial charge in [0.05, 0.1) is 17.3 Å². The molecule has 0 saturated carbocycles. The van der Waals surface area contributed by atoms with E-state index < -0.39 is 35.2 Å². The zero-order valence-corrected chi connectivity index (χ0v) is 21.0. The van der Waals surface area contributed by atoms with Gasteiger partial charge in [-0.25, -0.2) is 17.6 Å². The molecule has 0 aliphatic carbocycles. The van der Waals surface area contributed by atoms with Crippen LogP contribution in [-0.2, 0) is 17.8 Å². The first-order valence-electron chi connectivity index (χ1n) is 12.3. The van der Waals surface area contributed by atoms with E-state index in [1.807, 2.05) is 0 Å². The number of aromatic nitrogens is 2. The number of nitrogens with two attached hydrogens (primary N) is 1. The average Bonchev–Trinajstić information content (AvgIpc) is 3.28. The van der Waals surface area contributed by atoms with Crippen molar-refractivity contribution in [2.24, 2.45) is 5.73 Å². The first-order valence-corrected chi connectivity index (χ1v) is 12.3.